The van der Waals surface area contributed by atoms with E-state index in [4.69, 9.17) is 4.42 Å². The molecule has 0 atom stereocenters. The van der Waals surface area contributed by atoms with E-state index in [9.17, 15) is 14.9 Å². The minimum Gasteiger partial charge on any atom is -0.457 e. The molecular weight excluding hydrogens is 380 g/mol. The molecule has 9 heteroatoms. The quantitative estimate of drug-likeness (QED) is 0.479. The molecule has 144 valence electrons. The summed E-state index contributed by atoms with van der Waals surface area (Å²) in [6.07, 6.45) is 1.69. The Labute approximate surface area is 165 Å². The largest absolute Gasteiger partial charge is 0.457 e. The molecule has 1 aromatic carbocycles. The number of amides is 1. The zero-order chi connectivity index (χ0) is 19.7. The highest BCUT2D eigenvalue weighted by Gasteiger charge is 2.29. The first-order valence-electron chi connectivity index (χ1n) is 8.93. The second-order valence-corrected chi connectivity index (χ2v) is 7.77. The third-order valence-corrected chi connectivity index (χ3v) is 5.80. The van der Waals surface area contributed by atoms with E-state index in [1.54, 1.807) is 30.3 Å². The van der Waals surface area contributed by atoms with E-state index >= 15 is 0 Å². The summed E-state index contributed by atoms with van der Waals surface area (Å²) in [6.45, 7) is 3.85. The van der Waals surface area contributed by atoms with Crippen LogP contribution in [0.25, 0.3) is 17.4 Å². The number of nitro benzene ring substituents is 1. The van der Waals surface area contributed by atoms with Crippen LogP contribution in [-0.4, -0.2) is 54.1 Å². The summed E-state index contributed by atoms with van der Waals surface area (Å²) >= 11 is 1.37. The summed E-state index contributed by atoms with van der Waals surface area (Å²) in [6, 6.07) is 9.70. The average molecular weight is 399 g/mol. The molecule has 1 N–H and O–H groups in total. The highest BCUT2D eigenvalue weighted by atomic mass is 32.2. The van der Waals surface area contributed by atoms with Gasteiger partial charge in [0.15, 0.2) is 5.17 Å². The van der Waals surface area contributed by atoms with Gasteiger partial charge in [-0.05, 0) is 36.0 Å². The third kappa shape index (κ3) is 3.85. The van der Waals surface area contributed by atoms with Crippen molar-refractivity contribution < 1.29 is 19.0 Å². The van der Waals surface area contributed by atoms with Crippen molar-refractivity contribution >= 4 is 34.6 Å². The number of carbonyl (C=O) groups excluding carboxylic acids is 1. The van der Waals surface area contributed by atoms with Crippen molar-refractivity contribution in [1.82, 2.24) is 4.90 Å². The van der Waals surface area contributed by atoms with Gasteiger partial charge < -0.3 is 14.2 Å². The lowest BCUT2D eigenvalue weighted by Gasteiger charge is -2.30. The lowest BCUT2D eigenvalue weighted by molar-refractivity contribution is -0.883. The van der Waals surface area contributed by atoms with Crippen LogP contribution in [0.4, 0.5) is 5.69 Å². The second-order valence-electron chi connectivity index (χ2n) is 6.76. The van der Waals surface area contributed by atoms with E-state index in [0.29, 0.717) is 16.4 Å². The average Bonchev–Trinajstić information content (AvgIpc) is 3.30. The Bertz CT molecular complexity index is 972. The highest BCUT2D eigenvalue weighted by Crippen LogP contribution is 2.32. The third-order valence-electron chi connectivity index (χ3n) is 4.76. The number of nitrogens with one attached hydrogen (secondary N) is 1. The van der Waals surface area contributed by atoms with E-state index in [0.717, 1.165) is 36.9 Å². The van der Waals surface area contributed by atoms with Gasteiger partial charge in [-0.3, -0.25) is 14.9 Å². The topological polar surface area (TPSA) is 93.4 Å². The molecule has 2 aliphatic rings. The molecule has 2 aliphatic heterocycles. The number of aliphatic imine (C=N–C) groups is 1. The van der Waals surface area contributed by atoms with Crippen molar-refractivity contribution in [2.45, 2.75) is 0 Å². The van der Waals surface area contributed by atoms with Crippen LogP contribution in [0.2, 0.25) is 0 Å². The van der Waals surface area contributed by atoms with Crippen molar-refractivity contribution in [3.63, 3.8) is 0 Å². The SMILES string of the molecule is C[NH+]1CCN(C2=NC(=O)/C(=C\c3ccc(-c4ccc([N+](=O)[O-])cc4)o3)S2)CC1. The number of amidine groups is 1. The van der Waals surface area contributed by atoms with E-state index < -0.39 is 4.92 Å². The fourth-order valence-electron chi connectivity index (χ4n) is 3.08. The first-order chi connectivity index (χ1) is 13.5. The van der Waals surface area contributed by atoms with Gasteiger partial charge in [0.1, 0.15) is 11.5 Å². The summed E-state index contributed by atoms with van der Waals surface area (Å²) in [4.78, 5) is 30.9. The molecule has 0 saturated carbocycles. The molecule has 4 rings (SSSR count). The number of furan rings is 1. The predicted octanol–water partition coefficient (Wildman–Crippen LogP) is 1.66. The molecule has 0 bridgehead atoms. The Kier molecular flexibility index (Phi) is 5.01. The Hall–Kier alpha value is -2.91. The zero-order valence-electron chi connectivity index (χ0n) is 15.3. The molecule has 0 unspecified atom stereocenters. The number of nitrogens with zero attached hydrogens (tertiary/aromatic N) is 3. The summed E-state index contributed by atoms with van der Waals surface area (Å²) in [5.41, 5.74) is 0.762. The summed E-state index contributed by atoms with van der Waals surface area (Å²) in [5, 5.41) is 11.5. The van der Waals surface area contributed by atoms with Gasteiger partial charge in [0.05, 0.1) is 43.1 Å². The van der Waals surface area contributed by atoms with Crippen LogP contribution in [0.3, 0.4) is 0 Å². The van der Waals surface area contributed by atoms with Gasteiger partial charge in [0, 0.05) is 23.8 Å². The monoisotopic (exact) mass is 399 g/mol. The summed E-state index contributed by atoms with van der Waals surface area (Å²) < 4.78 is 5.80. The Morgan fingerprint density at radius 3 is 2.61 bits per heavy atom. The van der Waals surface area contributed by atoms with Crippen LogP contribution in [-0.2, 0) is 4.79 Å². The summed E-state index contributed by atoms with van der Waals surface area (Å²) in [7, 11) is 2.16. The lowest BCUT2D eigenvalue weighted by atomic mass is 10.1. The number of thioether (sulfide) groups is 1. The standard InChI is InChI=1S/C19H18N4O4S/c1-21-8-10-22(11-9-21)19-20-18(24)17(28-19)12-15-6-7-16(27-15)13-2-4-14(5-3-13)23(25)26/h2-7,12H,8-11H2,1H3/p+1/b17-12+. The Morgan fingerprint density at radius 1 is 1.21 bits per heavy atom. The lowest BCUT2D eigenvalue weighted by Crippen LogP contribution is -3.12. The molecular formula is C19H19N4O4S+. The van der Waals surface area contributed by atoms with Gasteiger partial charge >= 0.3 is 0 Å². The first kappa shape index (κ1) is 18.5. The van der Waals surface area contributed by atoms with E-state index in [2.05, 4.69) is 16.9 Å². The molecule has 1 saturated heterocycles. The number of benzene rings is 1. The molecule has 1 amide bonds. The van der Waals surface area contributed by atoms with Gasteiger partial charge in [0.2, 0.25) is 0 Å². The van der Waals surface area contributed by atoms with Crippen molar-refractivity contribution in [3.8, 4) is 11.3 Å². The zero-order valence-corrected chi connectivity index (χ0v) is 16.1. The van der Waals surface area contributed by atoms with Crippen molar-refractivity contribution in [1.29, 1.82) is 0 Å². The Balaban J connectivity index is 1.47. The van der Waals surface area contributed by atoms with Crippen LogP contribution in [0, 0.1) is 10.1 Å². The fraction of sp³-hybridized carbons (Fsp3) is 0.263. The van der Waals surface area contributed by atoms with E-state index in [-0.39, 0.29) is 11.6 Å². The molecule has 8 nitrogen and oxygen atoms in total. The molecule has 0 spiro atoms. The number of piperazine rings is 1. The number of nitro groups is 1. The number of hydrogen-bond donors (Lipinski definition) is 1. The van der Waals surface area contributed by atoms with Crippen molar-refractivity contribution in [2.24, 2.45) is 4.99 Å². The molecule has 0 aliphatic carbocycles. The van der Waals surface area contributed by atoms with Gasteiger partial charge in [-0.25, -0.2) is 0 Å². The van der Waals surface area contributed by atoms with Crippen molar-refractivity contribution in [2.75, 3.05) is 33.2 Å². The van der Waals surface area contributed by atoms with E-state index in [1.807, 2.05) is 0 Å². The van der Waals surface area contributed by atoms with Crippen LogP contribution in [0.5, 0.6) is 0 Å². The van der Waals surface area contributed by atoms with Crippen molar-refractivity contribution in [3.05, 3.63) is 57.2 Å². The molecule has 0 radical (unpaired) electrons. The number of quaternary nitrogens is 1. The maximum atomic E-state index is 12.3. The maximum absolute atomic E-state index is 12.3. The smallest absolute Gasteiger partial charge is 0.286 e. The number of rotatable bonds is 3. The maximum Gasteiger partial charge on any atom is 0.286 e. The highest BCUT2D eigenvalue weighted by molar-refractivity contribution is 8.18. The molecule has 2 aromatic rings. The number of hydrogen-bond acceptors (Lipinski definition) is 6. The van der Waals surface area contributed by atoms with Crippen LogP contribution < -0.4 is 4.90 Å². The normalized spacial score (nSPS) is 19.3. The molecule has 1 aromatic heterocycles. The van der Waals surface area contributed by atoms with Gasteiger partial charge in [-0.15, -0.1) is 0 Å². The number of non-ortho nitro benzene ring substituents is 1. The first-order valence-corrected chi connectivity index (χ1v) is 9.75. The molecule has 1 fully saturated rings. The van der Waals surface area contributed by atoms with Crippen LogP contribution >= 0.6 is 11.8 Å². The minimum atomic E-state index is -0.441. The summed E-state index contributed by atoms with van der Waals surface area (Å²) in [5.74, 6) is 0.878. The number of carbonyl (C=O) groups is 1. The van der Waals surface area contributed by atoms with Gasteiger partial charge in [-0.1, -0.05) is 0 Å². The Morgan fingerprint density at radius 2 is 1.93 bits per heavy atom. The molecule has 3 heterocycles. The van der Waals surface area contributed by atoms with Gasteiger partial charge in [-0.2, -0.15) is 4.99 Å². The minimum absolute atomic E-state index is 0.0285. The molecule has 28 heavy (non-hydrogen) atoms. The predicted molar refractivity (Wildman–Crippen MR) is 107 cm³/mol. The van der Waals surface area contributed by atoms with Crippen LogP contribution in [0.15, 0.2) is 50.7 Å². The van der Waals surface area contributed by atoms with E-state index in [1.165, 1.54) is 28.8 Å². The van der Waals surface area contributed by atoms with Gasteiger partial charge in [0.25, 0.3) is 11.6 Å². The number of likely N-dealkylation sites (N-methyl/N-ethyl adjacent to an activating group) is 1. The van der Waals surface area contributed by atoms with Crippen LogP contribution in [0.1, 0.15) is 5.76 Å². The second kappa shape index (κ2) is 7.61. The fourth-order valence-corrected chi connectivity index (χ4v) is 4.02.